The van der Waals surface area contributed by atoms with Crippen LogP contribution in [0.3, 0.4) is 0 Å². The van der Waals surface area contributed by atoms with Crippen molar-refractivity contribution >= 4 is 17.5 Å². The minimum absolute atomic E-state index is 0.194. The van der Waals surface area contributed by atoms with Gasteiger partial charge in [-0.15, -0.1) is 5.10 Å². The summed E-state index contributed by atoms with van der Waals surface area (Å²) >= 11 is 0. The lowest BCUT2D eigenvalue weighted by Gasteiger charge is -2.26. The number of carbonyl (C=O) groups is 1. The highest BCUT2D eigenvalue weighted by Crippen LogP contribution is 2.25. The Morgan fingerprint density at radius 2 is 1.85 bits per heavy atom. The third-order valence-corrected chi connectivity index (χ3v) is 6.37. The van der Waals surface area contributed by atoms with Gasteiger partial charge in [0.25, 0.3) is 0 Å². The van der Waals surface area contributed by atoms with E-state index in [0.717, 1.165) is 44.2 Å². The number of benzene rings is 2. The van der Waals surface area contributed by atoms with E-state index in [4.69, 9.17) is 14.0 Å². The summed E-state index contributed by atoms with van der Waals surface area (Å²) in [6, 6.07) is 12.9. The number of urea groups is 1. The Bertz CT molecular complexity index is 1440. The predicted molar refractivity (Wildman–Crippen MR) is 147 cm³/mol. The fourth-order valence-electron chi connectivity index (χ4n) is 4.09. The summed E-state index contributed by atoms with van der Waals surface area (Å²) < 4.78 is 32.8. The van der Waals surface area contributed by atoms with Crippen LogP contribution in [0, 0.1) is 5.82 Å². The van der Waals surface area contributed by atoms with Crippen LogP contribution in [0.15, 0.2) is 59.3 Å². The molecule has 0 saturated carbocycles. The number of carbonyl (C=O) groups excluding carboxylic acids is 1. The third-order valence-electron chi connectivity index (χ3n) is 6.37. The number of halogens is 1. The maximum Gasteiger partial charge on any atom is 0.324 e. The average Bonchev–Trinajstić information content (AvgIpc) is 3.60. The molecule has 2 amide bonds. The SMILES string of the molecule is CC(C)(C)c1cc(NC(=O)Nc2ccc(-n3cc(-c4ccc(OCCN5CCOCC5)cc4)nn3)c(F)c2)no1. The first-order valence-electron chi connectivity index (χ1n) is 13.1. The zero-order valence-corrected chi connectivity index (χ0v) is 22.7. The molecule has 0 aliphatic carbocycles. The largest absolute Gasteiger partial charge is 0.492 e. The van der Waals surface area contributed by atoms with Gasteiger partial charge in [-0.05, 0) is 42.5 Å². The van der Waals surface area contributed by atoms with Crippen molar-refractivity contribution in [2.45, 2.75) is 26.2 Å². The number of nitrogens with zero attached hydrogens (tertiary/aromatic N) is 5. The molecule has 2 N–H and O–H groups in total. The van der Waals surface area contributed by atoms with Crippen LogP contribution in [0.2, 0.25) is 0 Å². The van der Waals surface area contributed by atoms with Gasteiger partial charge >= 0.3 is 6.03 Å². The lowest BCUT2D eigenvalue weighted by atomic mass is 9.93. The standard InChI is InChI=1S/C28H32FN7O4/c1-28(2,3)25-17-26(33-40-25)31-27(37)30-20-6-9-24(22(29)16-20)36-18-23(32-34-36)19-4-7-21(8-5-19)39-15-12-35-10-13-38-14-11-35/h4-9,16-18H,10-15H2,1-3H3,(H2,30,31,33,37). The second-order valence-corrected chi connectivity index (χ2v) is 10.4. The highest BCUT2D eigenvalue weighted by atomic mass is 19.1. The van der Waals surface area contributed by atoms with Crippen molar-refractivity contribution in [1.82, 2.24) is 25.1 Å². The van der Waals surface area contributed by atoms with Crippen LogP contribution < -0.4 is 15.4 Å². The number of morpholine rings is 1. The van der Waals surface area contributed by atoms with E-state index in [0.29, 0.717) is 18.1 Å². The predicted octanol–water partition coefficient (Wildman–Crippen LogP) is 4.71. The molecule has 2 aromatic carbocycles. The average molecular weight is 550 g/mol. The van der Waals surface area contributed by atoms with E-state index in [9.17, 15) is 9.18 Å². The molecule has 0 radical (unpaired) electrons. The summed E-state index contributed by atoms with van der Waals surface area (Å²) in [5, 5.41) is 17.3. The summed E-state index contributed by atoms with van der Waals surface area (Å²) in [4.78, 5) is 14.7. The van der Waals surface area contributed by atoms with Gasteiger partial charge in [-0.2, -0.15) is 0 Å². The number of hydrogen-bond donors (Lipinski definition) is 2. The van der Waals surface area contributed by atoms with Crippen LogP contribution >= 0.6 is 0 Å². The number of amides is 2. The van der Waals surface area contributed by atoms with Gasteiger partial charge < -0.3 is 19.3 Å². The first-order chi connectivity index (χ1) is 19.2. The molecule has 2 aromatic heterocycles. The minimum atomic E-state index is -0.574. The maximum atomic E-state index is 15.0. The van der Waals surface area contributed by atoms with Crippen LogP contribution in [-0.4, -0.2) is 70.5 Å². The van der Waals surface area contributed by atoms with Crippen molar-refractivity contribution in [2.75, 3.05) is 50.1 Å². The minimum Gasteiger partial charge on any atom is -0.492 e. The molecule has 4 aromatic rings. The molecule has 12 heteroatoms. The van der Waals surface area contributed by atoms with Crippen LogP contribution in [0.5, 0.6) is 5.75 Å². The molecule has 1 aliphatic rings. The molecule has 1 saturated heterocycles. The first-order valence-corrected chi connectivity index (χ1v) is 13.1. The van der Waals surface area contributed by atoms with E-state index < -0.39 is 11.8 Å². The van der Waals surface area contributed by atoms with E-state index >= 15 is 0 Å². The molecule has 0 spiro atoms. The summed E-state index contributed by atoms with van der Waals surface area (Å²) in [6.45, 7) is 10.7. The van der Waals surface area contributed by atoms with Gasteiger partial charge in [0.05, 0.1) is 19.4 Å². The van der Waals surface area contributed by atoms with Gasteiger partial charge in [0, 0.05) is 42.4 Å². The quantitative estimate of drug-likeness (QED) is 0.324. The Labute approximate surface area is 231 Å². The molecule has 5 rings (SSSR count). The van der Waals surface area contributed by atoms with Crippen LogP contribution in [0.25, 0.3) is 16.9 Å². The third kappa shape index (κ3) is 6.82. The monoisotopic (exact) mass is 549 g/mol. The van der Waals surface area contributed by atoms with E-state index in [-0.39, 0.29) is 22.6 Å². The molecule has 0 unspecified atom stereocenters. The second-order valence-electron chi connectivity index (χ2n) is 10.4. The zero-order valence-electron chi connectivity index (χ0n) is 22.7. The van der Waals surface area contributed by atoms with Crippen LogP contribution in [-0.2, 0) is 10.2 Å². The van der Waals surface area contributed by atoms with Crippen molar-refractivity contribution in [1.29, 1.82) is 0 Å². The molecule has 0 bridgehead atoms. The van der Waals surface area contributed by atoms with Gasteiger partial charge in [0.15, 0.2) is 11.6 Å². The van der Waals surface area contributed by atoms with E-state index in [1.165, 1.54) is 16.8 Å². The highest BCUT2D eigenvalue weighted by molar-refractivity contribution is 5.99. The van der Waals surface area contributed by atoms with Gasteiger partial charge in [-0.3, -0.25) is 10.2 Å². The molecular weight excluding hydrogens is 517 g/mol. The molecule has 3 heterocycles. The molecular formula is C28H32FN7O4. The van der Waals surface area contributed by atoms with E-state index in [1.807, 2.05) is 45.0 Å². The number of hydrogen-bond acceptors (Lipinski definition) is 8. The number of nitrogens with one attached hydrogen (secondary N) is 2. The van der Waals surface area contributed by atoms with Gasteiger partial charge in [-0.25, -0.2) is 13.9 Å². The topological polar surface area (TPSA) is 120 Å². The van der Waals surface area contributed by atoms with Crippen molar-refractivity contribution in [2.24, 2.45) is 0 Å². The smallest absolute Gasteiger partial charge is 0.324 e. The Hall–Kier alpha value is -4.29. The number of rotatable bonds is 8. The number of ether oxygens (including phenoxy) is 2. The lowest BCUT2D eigenvalue weighted by Crippen LogP contribution is -2.38. The summed E-state index contributed by atoms with van der Waals surface area (Å²) in [5.41, 5.74) is 1.62. The van der Waals surface area contributed by atoms with Gasteiger partial charge in [0.2, 0.25) is 0 Å². The number of aromatic nitrogens is 4. The van der Waals surface area contributed by atoms with E-state index in [2.05, 4.69) is 31.0 Å². The highest BCUT2D eigenvalue weighted by Gasteiger charge is 2.20. The zero-order chi connectivity index (χ0) is 28.1. The summed E-state index contributed by atoms with van der Waals surface area (Å²) in [5.74, 6) is 1.09. The van der Waals surface area contributed by atoms with Crippen LogP contribution in [0.1, 0.15) is 26.5 Å². The Balaban J connectivity index is 1.16. The number of anilines is 2. The Morgan fingerprint density at radius 3 is 2.55 bits per heavy atom. The normalized spacial score (nSPS) is 14.2. The molecule has 1 fully saturated rings. The van der Waals surface area contributed by atoms with Crippen molar-refractivity contribution < 1.29 is 23.2 Å². The summed E-state index contributed by atoms with van der Waals surface area (Å²) in [6.07, 6.45) is 1.64. The second kappa shape index (κ2) is 11.8. The molecule has 11 nitrogen and oxygen atoms in total. The van der Waals surface area contributed by atoms with Crippen LogP contribution in [0.4, 0.5) is 20.7 Å². The molecule has 0 atom stereocenters. The summed E-state index contributed by atoms with van der Waals surface area (Å²) in [7, 11) is 0. The fourth-order valence-corrected chi connectivity index (χ4v) is 4.09. The molecule has 40 heavy (non-hydrogen) atoms. The van der Waals surface area contributed by atoms with Crippen molar-refractivity contribution in [3.8, 4) is 22.7 Å². The van der Waals surface area contributed by atoms with Crippen molar-refractivity contribution in [3.63, 3.8) is 0 Å². The Kier molecular flexibility index (Phi) is 8.08. The van der Waals surface area contributed by atoms with E-state index in [1.54, 1.807) is 18.3 Å². The van der Waals surface area contributed by atoms with Crippen molar-refractivity contribution in [3.05, 3.63) is 66.3 Å². The Morgan fingerprint density at radius 1 is 1.07 bits per heavy atom. The lowest BCUT2D eigenvalue weighted by molar-refractivity contribution is 0.0322. The fraction of sp³-hybridized carbons (Fsp3) is 0.357. The van der Waals surface area contributed by atoms with Gasteiger partial charge in [0.1, 0.15) is 29.5 Å². The first kappa shape index (κ1) is 27.3. The molecule has 210 valence electrons. The maximum absolute atomic E-state index is 15.0. The molecule has 1 aliphatic heterocycles. The van der Waals surface area contributed by atoms with Gasteiger partial charge in [-0.1, -0.05) is 31.1 Å².